The molecule has 0 bridgehead atoms. The van der Waals surface area contributed by atoms with Gasteiger partial charge >= 0.3 is 0 Å². The van der Waals surface area contributed by atoms with Crippen LogP contribution in [0.2, 0.25) is 0 Å². The number of hydrogen-bond acceptors (Lipinski definition) is 3. The third kappa shape index (κ3) is 4.57. The van der Waals surface area contributed by atoms with Gasteiger partial charge in [0, 0.05) is 19.1 Å². The van der Waals surface area contributed by atoms with Crippen molar-refractivity contribution in [2.75, 3.05) is 13.1 Å². The monoisotopic (exact) mass is 404 g/mol. The van der Waals surface area contributed by atoms with Crippen LogP contribution in [0.1, 0.15) is 49.7 Å². The van der Waals surface area contributed by atoms with Gasteiger partial charge in [0.1, 0.15) is 5.82 Å². The van der Waals surface area contributed by atoms with Gasteiger partial charge in [-0.05, 0) is 57.9 Å². The van der Waals surface area contributed by atoms with E-state index >= 15 is 0 Å². The molecule has 0 spiro atoms. The van der Waals surface area contributed by atoms with Crippen molar-refractivity contribution < 1.29 is 4.79 Å². The normalized spacial score (nSPS) is 17.5. The zero-order valence-corrected chi connectivity index (χ0v) is 18.3. The number of para-hydroxylation sites is 2. The number of rotatable bonds is 6. The fourth-order valence-corrected chi connectivity index (χ4v) is 4.43. The van der Waals surface area contributed by atoms with Gasteiger partial charge < -0.3 is 9.88 Å². The van der Waals surface area contributed by atoms with Crippen LogP contribution in [-0.4, -0.2) is 33.4 Å². The summed E-state index contributed by atoms with van der Waals surface area (Å²) in [5, 5.41) is 3.14. The van der Waals surface area contributed by atoms with Gasteiger partial charge in [-0.15, -0.1) is 0 Å². The molecule has 0 saturated carbocycles. The molecule has 30 heavy (non-hydrogen) atoms. The number of nitrogens with zero attached hydrogens (tertiary/aromatic N) is 3. The van der Waals surface area contributed by atoms with Crippen LogP contribution in [0.5, 0.6) is 0 Å². The number of aromatic nitrogens is 2. The van der Waals surface area contributed by atoms with Crippen LogP contribution in [0.3, 0.4) is 0 Å². The Labute approximate surface area is 179 Å². The predicted octanol–water partition coefficient (Wildman–Crippen LogP) is 4.45. The highest BCUT2D eigenvalue weighted by molar-refractivity contribution is 5.79. The molecule has 1 saturated heterocycles. The number of piperidine rings is 1. The van der Waals surface area contributed by atoms with E-state index in [4.69, 9.17) is 4.98 Å². The van der Waals surface area contributed by atoms with Crippen molar-refractivity contribution in [1.29, 1.82) is 0 Å². The summed E-state index contributed by atoms with van der Waals surface area (Å²) < 4.78 is 2.33. The third-order valence-corrected chi connectivity index (χ3v) is 6.01. The first-order valence-corrected chi connectivity index (χ1v) is 11.0. The van der Waals surface area contributed by atoms with Gasteiger partial charge in [0.05, 0.1) is 23.5 Å². The van der Waals surface area contributed by atoms with E-state index in [1.165, 1.54) is 11.1 Å². The van der Waals surface area contributed by atoms with E-state index in [9.17, 15) is 4.79 Å². The smallest absolute Gasteiger partial charge is 0.224 e. The first-order valence-electron chi connectivity index (χ1n) is 11.0. The Morgan fingerprint density at radius 1 is 1.17 bits per heavy atom. The molecule has 1 aliphatic heterocycles. The number of aryl methyl sites for hydroxylation is 1. The van der Waals surface area contributed by atoms with Gasteiger partial charge in [-0.1, -0.05) is 42.0 Å². The van der Waals surface area contributed by atoms with Crippen LogP contribution in [0.4, 0.5) is 0 Å². The molecule has 4 rings (SSSR count). The molecule has 1 N–H and O–H groups in total. The zero-order chi connectivity index (χ0) is 21.1. The van der Waals surface area contributed by atoms with E-state index in [0.29, 0.717) is 12.6 Å². The lowest BCUT2D eigenvalue weighted by Crippen LogP contribution is -2.42. The number of carbonyl (C=O) groups excluding carboxylic acids is 1. The summed E-state index contributed by atoms with van der Waals surface area (Å²) >= 11 is 0. The van der Waals surface area contributed by atoms with Crippen LogP contribution in [0.25, 0.3) is 11.0 Å². The lowest BCUT2D eigenvalue weighted by atomic mass is 9.97. The lowest BCUT2D eigenvalue weighted by molar-refractivity contribution is -0.127. The van der Waals surface area contributed by atoms with Crippen LogP contribution in [0.15, 0.2) is 48.5 Å². The average molecular weight is 405 g/mol. The van der Waals surface area contributed by atoms with Crippen molar-refractivity contribution in [2.45, 2.75) is 52.7 Å². The maximum absolute atomic E-state index is 12.8. The summed E-state index contributed by atoms with van der Waals surface area (Å²) in [5.74, 6) is 1.30. The molecule has 5 nitrogen and oxygen atoms in total. The molecule has 1 amide bonds. The lowest BCUT2D eigenvalue weighted by Gasteiger charge is -2.32. The Morgan fingerprint density at radius 3 is 2.70 bits per heavy atom. The minimum absolute atomic E-state index is 0.0427. The van der Waals surface area contributed by atoms with Gasteiger partial charge in [-0.3, -0.25) is 9.69 Å². The molecular formula is C25H32N4O. The van der Waals surface area contributed by atoms with Crippen molar-refractivity contribution in [2.24, 2.45) is 5.92 Å². The zero-order valence-electron chi connectivity index (χ0n) is 18.3. The topological polar surface area (TPSA) is 50.2 Å². The van der Waals surface area contributed by atoms with E-state index in [-0.39, 0.29) is 11.8 Å². The van der Waals surface area contributed by atoms with Crippen molar-refractivity contribution in [3.05, 3.63) is 65.5 Å². The molecular weight excluding hydrogens is 372 g/mol. The van der Waals surface area contributed by atoms with E-state index in [1.54, 1.807) is 0 Å². The van der Waals surface area contributed by atoms with Gasteiger partial charge in [-0.25, -0.2) is 4.98 Å². The largest absolute Gasteiger partial charge is 0.352 e. The molecule has 5 heteroatoms. The maximum atomic E-state index is 12.8. The summed E-state index contributed by atoms with van der Waals surface area (Å²) in [4.78, 5) is 20.1. The molecule has 3 aromatic rings. The fraction of sp³-hybridized carbons (Fsp3) is 0.440. The van der Waals surface area contributed by atoms with E-state index in [0.717, 1.165) is 49.4 Å². The van der Waals surface area contributed by atoms with Crippen LogP contribution >= 0.6 is 0 Å². The van der Waals surface area contributed by atoms with E-state index in [1.807, 2.05) is 6.07 Å². The van der Waals surface area contributed by atoms with Crippen molar-refractivity contribution in [3.8, 4) is 0 Å². The summed E-state index contributed by atoms with van der Waals surface area (Å²) in [5.41, 5.74) is 4.62. The predicted molar refractivity (Wildman–Crippen MR) is 121 cm³/mol. The number of hydrogen-bond donors (Lipinski definition) is 1. The second-order valence-electron chi connectivity index (χ2n) is 8.76. The van der Waals surface area contributed by atoms with E-state index in [2.05, 4.69) is 78.0 Å². The Balaban J connectivity index is 1.40. The Morgan fingerprint density at radius 2 is 1.93 bits per heavy atom. The molecule has 1 fully saturated rings. The molecule has 0 aliphatic carbocycles. The molecule has 158 valence electrons. The number of nitrogens with one attached hydrogen (secondary N) is 1. The molecule has 0 radical (unpaired) electrons. The number of carbonyl (C=O) groups is 1. The SMILES string of the molecule is Cc1ccc(CNC(=O)[C@@H]2CCCN(Cc3nc4ccccc4n3C(C)C)C2)cc1. The van der Waals surface area contributed by atoms with Crippen molar-refractivity contribution in [1.82, 2.24) is 19.8 Å². The minimum atomic E-state index is 0.0427. The highest BCUT2D eigenvalue weighted by Crippen LogP contribution is 2.24. The fourth-order valence-electron chi connectivity index (χ4n) is 4.43. The molecule has 1 atom stereocenters. The number of benzene rings is 2. The highest BCUT2D eigenvalue weighted by atomic mass is 16.1. The van der Waals surface area contributed by atoms with Gasteiger partial charge in [0.15, 0.2) is 0 Å². The number of likely N-dealkylation sites (tertiary alicyclic amines) is 1. The second kappa shape index (κ2) is 9.00. The molecule has 0 unspecified atom stereocenters. The van der Waals surface area contributed by atoms with Crippen molar-refractivity contribution >= 4 is 16.9 Å². The quantitative estimate of drug-likeness (QED) is 0.660. The van der Waals surface area contributed by atoms with Crippen LogP contribution in [0, 0.1) is 12.8 Å². The Bertz CT molecular complexity index is 1010. The molecule has 2 heterocycles. The third-order valence-electron chi connectivity index (χ3n) is 6.01. The average Bonchev–Trinajstić information content (AvgIpc) is 3.11. The standard InChI is InChI=1S/C25H32N4O/c1-18(2)29-23-9-5-4-8-22(23)27-24(29)17-28-14-6-7-21(16-28)25(30)26-15-20-12-10-19(3)11-13-20/h4-5,8-13,18,21H,6-7,14-17H2,1-3H3,(H,26,30)/t21-/m1/s1. The molecule has 2 aromatic carbocycles. The van der Waals surface area contributed by atoms with Crippen LogP contribution < -0.4 is 5.32 Å². The Hall–Kier alpha value is -2.66. The van der Waals surface area contributed by atoms with E-state index < -0.39 is 0 Å². The summed E-state index contributed by atoms with van der Waals surface area (Å²) in [6, 6.07) is 17.0. The number of amides is 1. The summed E-state index contributed by atoms with van der Waals surface area (Å²) in [7, 11) is 0. The summed E-state index contributed by atoms with van der Waals surface area (Å²) in [6.07, 6.45) is 2.00. The van der Waals surface area contributed by atoms with Gasteiger partial charge in [-0.2, -0.15) is 0 Å². The first-order chi connectivity index (χ1) is 14.5. The van der Waals surface area contributed by atoms with Crippen LogP contribution in [-0.2, 0) is 17.9 Å². The molecule has 1 aliphatic rings. The molecule has 1 aromatic heterocycles. The van der Waals surface area contributed by atoms with Crippen molar-refractivity contribution in [3.63, 3.8) is 0 Å². The van der Waals surface area contributed by atoms with Gasteiger partial charge in [0.25, 0.3) is 0 Å². The maximum Gasteiger partial charge on any atom is 0.224 e. The number of imidazole rings is 1. The van der Waals surface area contributed by atoms with Gasteiger partial charge in [0.2, 0.25) is 5.91 Å². The summed E-state index contributed by atoms with van der Waals surface area (Å²) in [6.45, 7) is 9.67. The second-order valence-corrected chi connectivity index (χ2v) is 8.76. The Kier molecular flexibility index (Phi) is 6.18. The number of fused-ring (bicyclic) bond motifs is 1. The minimum Gasteiger partial charge on any atom is -0.352 e. The first kappa shape index (κ1) is 20.6. The highest BCUT2D eigenvalue weighted by Gasteiger charge is 2.27.